The molecule has 0 heterocycles. The minimum atomic E-state index is -1.02. The maximum absolute atomic E-state index is 11.7. The van der Waals surface area contributed by atoms with Crippen LogP contribution in [0.5, 0.6) is 0 Å². The van der Waals surface area contributed by atoms with Crippen LogP contribution in [0, 0.1) is 0 Å². The van der Waals surface area contributed by atoms with Crippen LogP contribution in [0.4, 0.5) is 4.79 Å². The van der Waals surface area contributed by atoms with Gasteiger partial charge in [0.2, 0.25) is 0 Å². The number of unbranched alkanes of at least 4 members (excludes halogenated alkanes) is 5. The first kappa shape index (κ1) is 17.5. The first-order valence-electron chi connectivity index (χ1n) is 6.97. The highest BCUT2D eigenvalue weighted by atomic mass is 16.4. The zero-order chi connectivity index (χ0) is 14.5. The van der Waals surface area contributed by atoms with Crippen molar-refractivity contribution in [1.82, 2.24) is 10.2 Å². The monoisotopic (exact) mass is 270 g/mol. The highest BCUT2D eigenvalue weighted by molar-refractivity contribution is 5.80. The van der Waals surface area contributed by atoms with E-state index in [4.69, 9.17) is 5.11 Å². The van der Waals surface area contributed by atoms with E-state index in [2.05, 4.69) is 18.8 Å². The summed E-state index contributed by atoms with van der Waals surface area (Å²) in [5.74, 6) is -1.02. The summed E-state index contributed by atoms with van der Waals surface area (Å²) in [6, 6.07) is -0.337. The third-order valence-electron chi connectivity index (χ3n) is 2.77. The van der Waals surface area contributed by atoms with Crippen molar-refractivity contribution in [3.63, 3.8) is 0 Å². The number of amides is 2. The van der Waals surface area contributed by atoms with Crippen LogP contribution in [0.3, 0.4) is 0 Å². The van der Waals surface area contributed by atoms with Gasteiger partial charge in [0.05, 0.1) is 0 Å². The van der Waals surface area contributed by atoms with E-state index in [-0.39, 0.29) is 19.1 Å². The Kier molecular flexibility index (Phi) is 10.6. The van der Waals surface area contributed by atoms with Gasteiger partial charge in [-0.05, 0) is 6.42 Å². The normalized spacial score (nSPS) is 9.95. The molecule has 0 aliphatic heterocycles. The molecule has 0 aromatic carbocycles. The summed E-state index contributed by atoms with van der Waals surface area (Å²) in [6.45, 7) is 6.23. The van der Waals surface area contributed by atoms with Gasteiger partial charge in [0, 0.05) is 13.1 Å². The molecule has 0 fully saturated rings. The number of nitrogens with one attached hydrogen (secondary N) is 1. The van der Waals surface area contributed by atoms with Crippen molar-refractivity contribution in [2.75, 3.05) is 19.6 Å². The van der Waals surface area contributed by atoms with Gasteiger partial charge in [-0.25, -0.2) is 4.79 Å². The number of hydrogen-bond donors (Lipinski definition) is 2. The van der Waals surface area contributed by atoms with Crippen molar-refractivity contribution in [3.05, 3.63) is 12.7 Å². The van der Waals surface area contributed by atoms with Gasteiger partial charge in [-0.15, -0.1) is 6.58 Å². The Morgan fingerprint density at radius 1 is 1.21 bits per heavy atom. The largest absolute Gasteiger partial charge is 0.480 e. The number of carbonyl (C=O) groups excluding carboxylic acids is 1. The van der Waals surface area contributed by atoms with E-state index in [0.717, 1.165) is 12.8 Å². The summed E-state index contributed by atoms with van der Waals surface area (Å²) in [5, 5.41) is 11.4. The fourth-order valence-electron chi connectivity index (χ4n) is 1.75. The van der Waals surface area contributed by atoms with Gasteiger partial charge in [-0.3, -0.25) is 4.79 Å². The molecule has 5 heteroatoms. The third-order valence-corrected chi connectivity index (χ3v) is 2.77. The summed E-state index contributed by atoms with van der Waals surface area (Å²) in [4.78, 5) is 23.5. The number of aliphatic carboxylic acids is 1. The van der Waals surface area contributed by atoms with E-state index in [1.165, 1.54) is 36.7 Å². The summed E-state index contributed by atoms with van der Waals surface area (Å²) in [5.41, 5.74) is 0. The predicted octanol–water partition coefficient (Wildman–Crippen LogP) is 2.63. The second-order valence-corrected chi connectivity index (χ2v) is 4.56. The summed E-state index contributed by atoms with van der Waals surface area (Å²) >= 11 is 0. The van der Waals surface area contributed by atoms with Crippen LogP contribution in [-0.2, 0) is 4.79 Å². The van der Waals surface area contributed by atoms with Crippen LogP contribution in [-0.4, -0.2) is 41.6 Å². The molecule has 2 amide bonds. The average Bonchev–Trinajstić information content (AvgIpc) is 2.36. The molecule has 110 valence electrons. The molecule has 0 unspecified atom stereocenters. The summed E-state index contributed by atoms with van der Waals surface area (Å²) < 4.78 is 0. The van der Waals surface area contributed by atoms with Crippen molar-refractivity contribution < 1.29 is 14.7 Å². The highest BCUT2D eigenvalue weighted by Crippen LogP contribution is 2.04. The Hall–Kier alpha value is -1.52. The van der Waals surface area contributed by atoms with Crippen LogP contribution in [0.25, 0.3) is 0 Å². The molecule has 0 bridgehead atoms. The first-order chi connectivity index (χ1) is 9.11. The first-order valence-corrected chi connectivity index (χ1v) is 6.97. The van der Waals surface area contributed by atoms with Crippen LogP contribution in [0.2, 0.25) is 0 Å². The Bertz CT molecular complexity index is 280. The molecule has 0 atom stereocenters. The number of nitrogens with zero attached hydrogens (tertiary/aromatic N) is 1. The number of hydrogen-bond acceptors (Lipinski definition) is 2. The molecule has 5 nitrogen and oxygen atoms in total. The van der Waals surface area contributed by atoms with Crippen LogP contribution >= 0.6 is 0 Å². The van der Waals surface area contributed by atoms with Crippen LogP contribution in [0.15, 0.2) is 12.7 Å². The average molecular weight is 270 g/mol. The maximum Gasteiger partial charge on any atom is 0.323 e. The lowest BCUT2D eigenvalue weighted by atomic mass is 10.1. The molecule has 0 saturated carbocycles. The Morgan fingerprint density at radius 3 is 2.42 bits per heavy atom. The van der Waals surface area contributed by atoms with Gasteiger partial charge in [0.1, 0.15) is 6.54 Å². The van der Waals surface area contributed by atoms with E-state index in [9.17, 15) is 9.59 Å². The van der Waals surface area contributed by atoms with Crippen LogP contribution < -0.4 is 5.32 Å². The van der Waals surface area contributed by atoms with E-state index >= 15 is 0 Å². The molecular formula is C14H26N2O3. The fraction of sp³-hybridized carbons (Fsp3) is 0.714. The van der Waals surface area contributed by atoms with Gasteiger partial charge in [0.15, 0.2) is 0 Å². The Balaban J connectivity index is 3.74. The molecule has 2 N–H and O–H groups in total. The topological polar surface area (TPSA) is 69.6 Å². The number of carbonyl (C=O) groups is 2. The van der Waals surface area contributed by atoms with Gasteiger partial charge in [0.25, 0.3) is 0 Å². The molecule has 0 aromatic heterocycles. The van der Waals surface area contributed by atoms with Crippen LogP contribution in [0.1, 0.15) is 45.4 Å². The molecule has 0 rings (SSSR count). The molecule has 0 saturated heterocycles. The van der Waals surface area contributed by atoms with Gasteiger partial charge >= 0.3 is 12.0 Å². The highest BCUT2D eigenvalue weighted by Gasteiger charge is 2.14. The molecule has 0 spiro atoms. The zero-order valence-corrected chi connectivity index (χ0v) is 11.9. The van der Waals surface area contributed by atoms with E-state index < -0.39 is 5.97 Å². The van der Waals surface area contributed by atoms with Crippen molar-refractivity contribution in [3.8, 4) is 0 Å². The van der Waals surface area contributed by atoms with Gasteiger partial charge in [-0.2, -0.15) is 0 Å². The Labute approximate surface area is 115 Å². The second-order valence-electron chi connectivity index (χ2n) is 4.56. The smallest absolute Gasteiger partial charge is 0.323 e. The van der Waals surface area contributed by atoms with Gasteiger partial charge in [-0.1, -0.05) is 45.1 Å². The van der Waals surface area contributed by atoms with Crippen molar-refractivity contribution in [1.29, 1.82) is 0 Å². The van der Waals surface area contributed by atoms with E-state index in [1.54, 1.807) is 0 Å². The minimum Gasteiger partial charge on any atom is -0.480 e. The SMILES string of the molecule is C=CCN(CC(=O)O)C(=O)NCCCCCCCC. The third kappa shape index (κ3) is 10.1. The number of rotatable bonds is 11. The molecular weight excluding hydrogens is 244 g/mol. The van der Waals surface area contributed by atoms with E-state index in [1.807, 2.05) is 0 Å². The number of carboxylic acid groups (broad SMARTS) is 1. The fourth-order valence-corrected chi connectivity index (χ4v) is 1.75. The molecule has 0 aliphatic carbocycles. The number of urea groups is 1. The minimum absolute atomic E-state index is 0.245. The summed E-state index contributed by atoms with van der Waals surface area (Å²) in [6.07, 6.45) is 8.47. The molecule has 0 radical (unpaired) electrons. The lowest BCUT2D eigenvalue weighted by Crippen LogP contribution is -2.43. The van der Waals surface area contributed by atoms with Crippen molar-refractivity contribution in [2.45, 2.75) is 45.4 Å². The Morgan fingerprint density at radius 2 is 1.84 bits per heavy atom. The standard InChI is InChI=1S/C14H26N2O3/c1-3-5-6-7-8-9-10-15-14(19)16(11-4-2)12-13(17)18/h4H,2-3,5-12H2,1H3,(H,15,19)(H,17,18). The lowest BCUT2D eigenvalue weighted by Gasteiger charge is -2.19. The maximum atomic E-state index is 11.7. The quantitative estimate of drug-likeness (QED) is 0.448. The predicted molar refractivity (Wildman–Crippen MR) is 76.2 cm³/mol. The summed E-state index contributed by atoms with van der Waals surface area (Å²) in [7, 11) is 0. The van der Waals surface area contributed by atoms with Gasteiger partial charge < -0.3 is 15.3 Å². The molecule has 19 heavy (non-hydrogen) atoms. The van der Waals surface area contributed by atoms with E-state index in [0.29, 0.717) is 6.54 Å². The second kappa shape index (κ2) is 11.6. The molecule has 0 aliphatic rings. The van der Waals surface area contributed by atoms with Crippen molar-refractivity contribution in [2.24, 2.45) is 0 Å². The number of carboxylic acids is 1. The zero-order valence-electron chi connectivity index (χ0n) is 11.9. The van der Waals surface area contributed by atoms with Crippen molar-refractivity contribution >= 4 is 12.0 Å². The molecule has 0 aromatic rings. The lowest BCUT2D eigenvalue weighted by molar-refractivity contribution is -0.137.